The van der Waals surface area contributed by atoms with Crippen molar-refractivity contribution in [2.75, 3.05) is 18.9 Å². The molecule has 0 radical (unpaired) electrons. The molecule has 3 N–H and O–H groups in total. The van der Waals surface area contributed by atoms with E-state index < -0.39 is 5.54 Å². The number of amides is 2. The largest absolute Gasteiger partial charge is 0.335 e. The zero-order chi connectivity index (χ0) is 14.0. The fraction of sp³-hybridized carbons (Fsp3) is 0.385. The highest BCUT2D eigenvalue weighted by Gasteiger charge is 2.47. The molecule has 0 bridgehead atoms. The Bertz CT molecular complexity index is 514. The number of carbonyl (C=O) groups excluding carboxylic acids is 2. The van der Waals surface area contributed by atoms with Crippen LogP contribution in [-0.4, -0.2) is 35.8 Å². The molecule has 0 atom stereocenters. The van der Waals surface area contributed by atoms with Crippen molar-refractivity contribution in [2.45, 2.75) is 18.4 Å². The maximum atomic E-state index is 11.9. The minimum absolute atomic E-state index is 0.0235. The Labute approximate surface area is 116 Å². The van der Waals surface area contributed by atoms with Crippen LogP contribution in [0.5, 0.6) is 0 Å². The Kier molecular flexibility index (Phi) is 3.78. The average molecular weight is 282 g/mol. The Morgan fingerprint density at radius 1 is 1.47 bits per heavy atom. The first-order valence-electron chi connectivity index (χ1n) is 6.00. The molecule has 6 heteroatoms. The Morgan fingerprint density at radius 3 is 2.74 bits per heavy atom. The lowest BCUT2D eigenvalue weighted by Gasteiger charge is -2.20. The van der Waals surface area contributed by atoms with Gasteiger partial charge in [-0.05, 0) is 31.0 Å². The van der Waals surface area contributed by atoms with Crippen molar-refractivity contribution >= 4 is 29.1 Å². The molecule has 1 aromatic carbocycles. The molecule has 2 amide bonds. The number of benzene rings is 1. The van der Waals surface area contributed by atoms with E-state index in [0.29, 0.717) is 23.6 Å². The van der Waals surface area contributed by atoms with Gasteiger partial charge in [0.05, 0.1) is 12.1 Å². The van der Waals surface area contributed by atoms with Crippen LogP contribution in [0.4, 0.5) is 5.69 Å². The predicted octanol–water partition coefficient (Wildman–Crippen LogP) is 1.23. The van der Waals surface area contributed by atoms with E-state index in [-0.39, 0.29) is 18.4 Å². The summed E-state index contributed by atoms with van der Waals surface area (Å²) >= 11 is 5.82. The molecule has 1 aliphatic carbocycles. The molecule has 0 aliphatic heterocycles. The SMILES string of the molecule is CN(CC(=O)Nc1cccc(Cl)c1)C(=O)C1(N)CC1. The van der Waals surface area contributed by atoms with Gasteiger partial charge in [0.1, 0.15) is 0 Å². The highest BCUT2D eigenvalue weighted by molar-refractivity contribution is 6.30. The number of halogens is 1. The summed E-state index contributed by atoms with van der Waals surface area (Å²) in [6.45, 7) is -0.0235. The van der Waals surface area contributed by atoms with Crippen LogP contribution in [0, 0.1) is 0 Å². The number of nitrogens with one attached hydrogen (secondary N) is 1. The van der Waals surface area contributed by atoms with E-state index in [4.69, 9.17) is 17.3 Å². The van der Waals surface area contributed by atoms with Gasteiger partial charge in [-0.1, -0.05) is 17.7 Å². The molecule has 0 saturated heterocycles. The van der Waals surface area contributed by atoms with Gasteiger partial charge in [-0.2, -0.15) is 0 Å². The number of likely N-dealkylation sites (N-methyl/N-ethyl adjacent to an activating group) is 1. The van der Waals surface area contributed by atoms with E-state index in [9.17, 15) is 9.59 Å². The van der Waals surface area contributed by atoms with E-state index in [2.05, 4.69) is 5.32 Å². The molecule has 1 fully saturated rings. The predicted molar refractivity (Wildman–Crippen MR) is 73.9 cm³/mol. The molecule has 0 unspecified atom stereocenters. The second-order valence-electron chi connectivity index (χ2n) is 4.88. The Hall–Kier alpha value is -1.59. The molecule has 0 spiro atoms. The molecule has 1 aromatic rings. The molecule has 5 nitrogen and oxygen atoms in total. The molecule has 102 valence electrons. The maximum absolute atomic E-state index is 11.9. The van der Waals surface area contributed by atoms with Crippen LogP contribution in [0.25, 0.3) is 0 Å². The topological polar surface area (TPSA) is 75.4 Å². The van der Waals surface area contributed by atoms with Crippen molar-refractivity contribution in [1.82, 2.24) is 4.90 Å². The Balaban J connectivity index is 1.89. The lowest BCUT2D eigenvalue weighted by Crippen LogP contribution is -2.46. The third-order valence-electron chi connectivity index (χ3n) is 3.05. The molecule has 19 heavy (non-hydrogen) atoms. The van der Waals surface area contributed by atoms with E-state index in [1.807, 2.05) is 0 Å². The van der Waals surface area contributed by atoms with Crippen LogP contribution in [0.1, 0.15) is 12.8 Å². The lowest BCUT2D eigenvalue weighted by atomic mass is 10.2. The van der Waals surface area contributed by atoms with Crippen molar-refractivity contribution in [1.29, 1.82) is 0 Å². The van der Waals surface area contributed by atoms with Gasteiger partial charge >= 0.3 is 0 Å². The fourth-order valence-electron chi connectivity index (χ4n) is 1.78. The Morgan fingerprint density at radius 2 is 2.16 bits per heavy atom. The van der Waals surface area contributed by atoms with E-state index >= 15 is 0 Å². The molecule has 0 heterocycles. The number of hydrogen-bond acceptors (Lipinski definition) is 3. The van der Waals surface area contributed by atoms with Crippen LogP contribution < -0.4 is 11.1 Å². The zero-order valence-corrected chi connectivity index (χ0v) is 11.4. The minimum atomic E-state index is -0.745. The summed E-state index contributed by atoms with van der Waals surface area (Å²) in [5, 5.41) is 3.22. The number of nitrogens with two attached hydrogens (primary N) is 1. The molecule has 2 rings (SSSR count). The summed E-state index contributed by atoms with van der Waals surface area (Å²) in [5.41, 5.74) is 5.66. The number of anilines is 1. The molecule has 1 aliphatic rings. The minimum Gasteiger partial charge on any atom is -0.335 e. The van der Waals surface area contributed by atoms with Gasteiger partial charge in [0, 0.05) is 17.8 Å². The number of rotatable bonds is 4. The number of carbonyl (C=O) groups is 2. The second-order valence-corrected chi connectivity index (χ2v) is 5.31. The zero-order valence-electron chi connectivity index (χ0n) is 10.6. The van der Waals surface area contributed by atoms with Crippen molar-refractivity contribution in [3.63, 3.8) is 0 Å². The second kappa shape index (κ2) is 5.19. The summed E-state index contributed by atoms with van der Waals surface area (Å²) in [6.07, 6.45) is 1.37. The van der Waals surface area contributed by atoms with E-state index in [0.717, 1.165) is 0 Å². The van der Waals surface area contributed by atoms with Crippen molar-refractivity contribution in [3.8, 4) is 0 Å². The monoisotopic (exact) mass is 281 g/mol. The van der Waals surface area contributed by atoms with Crippen LogP contribution >= 0.6 is 11.6 Å². The van der Waals surface area contributed by atoms with Crippen LogP contribution in [0.3, 0.4) is 0 Å². The van der Waals surface area contributed by atoms with Gasteiger partial charge in [-0.15, -0.1) is 0 Å². The first kappa shape index (κ1) is 13.8. The third kappa shape index (κ3) is 3.45. The molecule has 1 saturated carbocycles. The van der Waals surface area contributed by atoms with Crippen molar-refractivity contribution in [3.05, 3.63) is 29.3 Å². The smallest absolute Gasteiger partial charge is 0.243 e. The maximum Gasteiger partial charge on any atom is 0.243 e. The van der Waals surface area contributed by atoms with E-state index in [1.165, 1.54) is 4.90 Å². The third-order valence-corrected chi connectivity index (χ3v) is 3.29. The van der Waals surface area contributed by atoms with Crippen LogP contribution in [0.15, 0.2) is 24.3 Å². The summed E-state index contributed by atoms with van der Waals surface area (Å²) in [7, 11) is 1.58. The van der Waals surface area contributed by atoms with Crippen LogP contribution in [-0.2, 0) is 9.59 Å². The normalized spacial score (nSPS) is 15.7. The van der Waals surface area contributed by atoms with Gasteiger partial charge in [0.25, 0.3) is 0 Å². The van der Waals surface area contributed by atoms with Gasteiger partial charge in [0.2, 0.25) is 11.8 Å². The van der Waals surface area contributed by atoms with Crippen molar-refractivity contribution < 1.29 is 9.59 Å². The van der Waals surface area contributed by atoms with Crippen molar-refractivity contribution in [2.24, 2.45) is 5.73 Å². The summed E-state index contributed by atoms with van der Waals surface area (Å²) < 4.78 is 0. The average Bonchev–Trinajstić information content (AvgIpc) is 3.07. The molecular weight excluding hydrogens is 266 g/mol. The van der Waals surface area contributed by atoms with Crippen LogP contribution in [0.2, 0.25) is 5.02 Å². The fourth-order valence-corrected chi connectivity index (χ4v) is 1.97. The quantitative estimate of drug-likeness (QED) is 0.871. The summed E-state index contributed by atoms with van der Waals surface area (Å²) in [4.78, 5) is 25.0. The highest BCUT2D eigenvalue weighted by atomic mass is 35.5. The molecular formula is C13H16ClN3O2. The van der Waals surface area contributed by atoms with Gasteiger partial charge in [-0.3, -0.25) is 9.59 Å². The number of hydrogen-bond donors (Lipinski definition) is 2. The van der Waals surface area contributed by atoms with Gasteiger partial charge < -0.3 is 16.0 Å². The highest BCUT2D eigenvalue weighted by Crippen LogP contribution is 2.33. The molecule has 0 aromatic heterocycles. The first-order chi connectivity index (χ1) is 8.90. The number of nitrogens with zero attached hydrogens (tertiary/aromatic N) is 1. The van der Waals surface area contributed by atoms with Gasteiger partial charge in [0.15, 0.2) is 0 Å². The van der Waals surface area contributed by atoms with Gasteiger partial charge in [-0.25, -0.2) is 0 Å². The summed E-state index contributed by atoms with van der Waals surface area (Å²) in [5.74, 6) is -0.462. The first-order valence-corrected chi connectivity index (χ1v) is 6.38. The standard InChI is InChI=1S/C13H16ClN3O2/c1-17(12(19)13(15)5-6-13)8-11(18)16-10-4-2-3-9(14)7-10/h2-4,7H,5-6,8,15H2,1H3,(H,16,18). The van der Waals surface area contributed by atoms with E-state index in [1.54, 1.807) is 31.3 Å². The lowest BCUT2D eigenvalue weighted by molar-refractivity contribution is -0.135. The summed E-state index contributed by atoms with van der Waals surface area (Å²) in [6, 6.07) is 6.84.